The van der Waals surface area contributed by atoms with Crippen molar-refractivity contribution in [3.05, 3.63) is 46.3 Å². The normalized spacial score (nSPS) is 11.4. The first-order valence-corrected chi connectivity index (χ1v) is 7.00. The molecule has 2 heterocycles. The second kappa shape index (κ2) is 5.27. The first kappa shape index (κ1) is 14.3. The van der Waals surface area contributed by atoms with E-state index >= 15 is 0 Å². The van der Waals surface area contributed by atoms with Crippen LogP contribution in [0.25, 0.3) is 22.4 Å². The van der Waals surface area contributed by atoms with Gasteiger partial charge in [0.05, 0.1) is 5.56 Å². The number of halogens is 3. The molecule has 3 rings (SSSR count). The fraction of sp³-hybridized carbons (Fsp3) is 0.0714. The Morgan fingerprint density at radius 3 is 2.36 bits per heavy atom. The Morgan fingerprint density at radius 1 is 1.05 bits per heavy atom. The molecule has 0 saturated carbocycles. The number of benzene rings is 1. The largest absolute Gasteiger partial charge is 0.416 e. The fourth-order valence-corrected chi connectivity index (χ4v) is 2.88. The highest BCUT2D eigenvalue weighted by Gasteiger charge is 2.30. The van der Waals surface area contributed by atoms with Crippen molar-refractivity contribution in [3.8, 4) is 28.5 Å². The molecular weight excluding hydrogens is 313 g/mol. The van der Waals surface area contributed by atoms with Crippen LogP contribution in [-0.4, -0.2) is 15.4 Å². The average Bonchev–Trinajstić information content (AvgIpc) is 3.14. The molecule has 22 heavy (non-hydrogen) atoms. The monoisotopic (exact) mass is 320 g/mol. The van der Waals surface area contributed by atoms with E-state index in [2.05, 4.69) is 15.4 Å². The second-order valence-corrected chi connectivity index (χ2v) is 5.15. The highest BCUT2D eigenvalue weighted by atomic mass is 32.1. The van der Waals surface area contributed by atoms with Crippen LogP contribution in [0.5, 0.6) is 0 Å². The summed E-state index contributed by atoms with van der Waals surface area (Å²) in [4.78, 5) is 0. The minimum Gasteiger partial charge on any atom is -0.196 e. The molecule has 1 N–H and O–H groups in total. The molecule has 0 aliphatic carbocycles. The lowest BCUT2D eigenvalue weighted by Gasteiger charge is -2.08. The van der Waals surface area contributed by atoms with Crippen molar-refractivity contribution in [3.63, 3.8) is 0 Å². The Balaban J connectivity index is 2.05. The van der Waals surface area contributed by atoms with Gasteiger partial charge in [-0.05, 0) is 23.1 Å². The molecule has 110 valence electrons. The molecule has 0 radical (unpaired) electrons. The molecule has 0 unspecified atom stereocenters. The molecule has 0 atom stereocenters. The van der Waals surface area contributed by atoms with Crippen LogP contribution in [0.1, 0.15) is 11.3 Å². The van der Waals surface area contributed by atoms with Gasteiger partial charge < -0.3 is 0 Å². The van der Waals surface area contributed by atoms with Gasteiger partial charge in [-0.1, -0.05) is 12.1 Å². The van der Waals surface area contributed by atoms with Crippen LogP contribution >= 0.6 is 11.3 Å². The lowest BCUT2D eigenvalue weighted by Crippen LogP contribution is -2.03. The predicted molar refractivity (Wildman–Crippen MR) is 74.8 cm³/mol. The molecule has 4 nitrogen and oxygen atoms in total. The minimum absolute atomic E-state index is 0.145. The van der Waals surface area contributed by atoms with Gasteiger partial charge in [-0.3, -0.25) is 0 Å². The summed E-state index contributed by atoms with van der Waals surface area (Å²) >= 11 is 1.37. The summed E-state index contributed by atoms with van der Waals surface area (Å²) in [5, 5.41) is 22.6. The molecular formula is C14H7F3N4S. The standard InChI is InChI=1S/C14H7F3N4S/c15-14(16,17)9-3-1-8(2-4-9)10-6-22-7-11(10)13-12(5-18)19-21-20-13/h1-4,6-7H,(H,19,20,21). The highest BCUT2D eigenvalue weighted by Crippen LogP contribution is 2.37. The number of hydrogen-bond donors (Lipinski definition) is 1. The summed E-state index contributed by atoms with van der Waals surface area (Å²) in [6.07, 6.45) is -4.36. The van der Waals surface area contributed by atoms with Gasteiger partial charge in [0.15, 0.2) is 5.69 Å². The number of alkyl halides is 3. The summed E-state index contributed by atoms with van der Waals surface area (Å²) in [5.41, 5.74) is 1.83. The van der Waals surface area contributed by atoms with E-state index in [-0.39, 0.29) is 5.69 Å². The van der Waals surface area contributed by atoms with Crippen molar-refractivity contribution in [1.29, 1.82) is 5.26 Å². The molecule has 0 aliphatic heterocycles. The third kappa shape index (κ3) is 2.46. The SMILES string of the molecule is N#Cc1n[nH]nc1-c1cscc1-c1ccc(C(F)(F)F)cc1. The molecule has 0 amide bonds. The molecule has 0 saturated heterocycles. The van der Waals surface area contributed by atoms with Gasteiger partial charge in [-0.15, -0.1) is 5.10 Å². The van der Waals surface area contributed by atoms with Gasteiger partial charge in [-0.25, -0.2) is 0 Å². The van der Waals surface area contributed by atoms with Crippen LogP contribution in [0.3, 0.4) is 0 Å². The van der Waals surface area contributed by atoms with Crippen LogP contribution in [0.2, 0.25) is 0 Å². The van der Waals surface area contributed by atoms with E-state index in [0.717, 1.165) is 12.1 Å². The number of nitriles is 1. The maximum Gasteiger partial charge on any atom is 0.416 e. The molecule has 0 bridgehead atoms. The summed E-state index contributed by atoms with van der Waals surface area (Å²) in [6.45, 7) is 0. The van der Waals surface area contributed by atoms with Gasteiger partial charge in [0.2, 0.25) is 0 Å². The van der Waals surface area contributed by atoms with Crippen LogP contribution in [0.15, 0.2) is 35.0 Å². The number of nitrogens with zero attached hydrogens (tertiary/aromatic N) is 3. The lowest BCUT2D eigenvalue weighted by atomic mass is 10.0. The summed E-state index contributed by atoms with van der Waals surface area (Å²) in [6, 6.07) is 6.79. The Kier molecular flexibility index (Phi) is 3.42. The first-order valence-electron chi connectivity index (χ1n) is 6.06. The van der Waals surface area contributed by atoms with Crippen molar-refractivity contribution in [2.24, 2.45) is 0 Å². The summed E-state index contributed by atoms with van der Waals surface area (Å²) in [7, 11) is 0. The van der Waals surface area contributed by atoms with E-state index in [1.165, 1.54) is 23.5 Å². The molecule has 8 heteroatoms. The molecule has 0 fully saturated rings. The molecule has 3 aromatic rings. The Morgan fingerprint density at radius 2 is 1.73 bits per heavy atom. The van der Waals surface area contributed by atoms with Gasteiger partial charge in [0, 0.05) is 16.5 Å². The van der Waals surface area contributed by atoms with Crippen molar-refractivity contribution in [2.75, 3.05) is 0 Å². The molecule has 0 aliphatic rings. The number of H-pyrrole nitrogens is 1. The number of thiophene rings is 1. The zero-order chi connectivity index (χ0) is 15.7. The molecule has 0 spiro atoms. The molecule has 1 aromatic carbocycles. The minimum atomic E-state index is -4.36. The second-order valence-electron chi connectivity index (χ2n) is 4.41. The smallest absolute Gasteiger partial charge is 0.196 e. The Labute approximate surface area is 126 Å². The first-order chi connectivity index (χ1) is 10.5. The van der Waals surface area contributed by atoms with Gasteiger partial charge >= 0.3 is 6.18 Å². The van der Waals surface area contributed by atoms with Crippen LogP contribution in [0.4, 0.5) is 13.2 Å². The van der Waals surface area contributed by atoms with Crippen LogP contribution in [-0.2, 0) is 6.18 Å². The van der Waals surface area contributed by atoms with Crippen molar-refractivity contribution in [2.45, 2.75) is 6.18 Å². The zero-order valence-corrected chi connectivity index (χ0v) is 11.7. The number of rotatable bonds is 2. The van der Waals surface area contributed by atoms with Crippen molar-refractivity contribution < 1.29 is 13.2 Å². The lowest BCUT2D eigenvalue weighted by molar-refractivity contribution is -0.137. The van der Waals surface area contributed by atoms with Crippen LogP contribution < -0.4 is 0 Å². The quantitative estimate of drug-likeness (QED) is 0.773. The maximum atomic E-state index is 12.6. The van der Waals surface area contributed by atoms with E-state index < -0.39 is 11.7 Å². The Hall–Kier alpha value is -2.66. The maximum absolute atomic E-state index is 12.6. The third-order valence-corrected chi connectivity index (χ3v) is 3.84. The van der Waals surface area contributed by atoms with Crippen molar-refractivity contribution in [1.82, 2.24) is 15.4 Å². The zero-order valence-electron chi connectivity index (χ0n) is 10.8. The Bertz CT molecular complexity index is 840. The van der Waals surface area contributed by atoms with E-state index in [4.69, 9.17) is 5.26 Å². The summed E-state index contributed by atoms with van der Waals surface area (Å²) < 4.78 is 37.8. The third-order valence-electron chi connectivity index (χ3n) is 3.09. The van der Waals surface area contributed by atoms with E-state index in [1.807, 2.05) is 6.07 Å². The topological polar surface area (TPSA) is 65.4 Å². The highest BCUT2D eigenvalue weighted by molar-refractivity contribution is 7.08. The number of aromatic nitrogens is 3. The number of aromatic amines is 1. The van der Waals surface area contributed by atoms with Gasteiger partial charge in [-0.2, -0.15) is 40.1 Å². The van der Waals surface area contributed by atoms with E-state index in [0.29, 0.717) is 22.4 Å². The number of hydrogen-bond acceptors (Lipinski definition) is 4. The van der Waals surface area contributed by atoms with Gasteiger partial charge in [0.25, 0.3) is 0 Å². The van der Waals surface area contributed by atoms with Gasteiger partial charge in [0.1, 0.15) is 11.8 Å². The van der Waals surface area contributed by atoms with Crippen molar-refractivity contribution >= 4 is 11.3 Å². The van der Waals surface area contributed by atoms with E-state index in [1.54, 1.807) is 10.8 Å². The van der Waals surface area contributed by atoms with Crippen LogP contribution in [0, 0.1) is 11.3 Å². The van der Waals surface area contributed by atoms with E-state index in [9.17, 15) is 13.2 Å². The molecule has 2 aromatic heterocycles. The predicted octanol–water partition coefficient (Wildman–Crippen LogP) is 4.09. The average molecular weight is 320 g/mol. The fourth-order valence-electron chi connectivity index (χ4n) is 2.04. The number of nitrogens with one attached hydrogen (secondary N) is 1. The summed E-state index contributed by atoms with van der Waals surface area (Å²) in [5.74, 6) is 0.